The minimum absolute atomic E-state index is 0.137. The maximum absolute atomic E-state index is 13.0. The molecular formula is C19H23BrF2N4O2. The summed E-state index contributed by atoms with van der Waals surface area (Å²) in [6, 6.07) is 6.30. The summed E-state index contributed by atoms with van der Waals surface area (Å²) in [6.07, 6.45) is 2.41. The van der Waals surface area contributed by atoms with Gasteiger partial charge < -0.3 is 4.74 Å². The number of rotatable bonds is 3. The van der Waals surface area contributed by atoms with Crippen molar-refractivity contribution in [2.24, 2.45) is 5.92 Å². The second kappa shape index (κ2) is 9.86. The Morgan fingerprint density at radius 1 is 1.29 bits per heavy atom. The van der Waals surface area contributed by atoms with Crippen molar-refractivity contribution >= 4 is 27.8 Å². The molecule has 2 aromatic heterocycles. The molecule has 0 spiro atoms. The van der Waals surface area contributed by atoms with E-state index in [1.165, 1.54) is 23.4 Å². The summed E-state index contributed by atoms with van der Waals surface area (Å²) in [5.74, 6) is 0.259. The van der Waals surface area contributed by atoms with Crippen molar-refractivity contribution in [3.05, 3.63) is 47.1 Å². The third-order valence-electron chi connectivity index (χ3n) is 3.75. The summed E-state index contributed by atoms with van der Waals surface area (Å²) in [7, 11) is 0. The smallest absolute Gasteiger partial charge is 0.416 e. The number of pyridine rings is 1. The van der Waals surface area contributed by atoms with Gasteiger partial charge in [0, 0.05) is 12.7 Å². The van der Waals surface area contributed by atoms with Crippen LogP contribution in [-0.4, -0.2) is 39.6 Å². The van der Waals surface area contributed by atoms with E-state index >= 15 is 0 Å². The molecule has 1 fully saturated rings. The lowest BCUT2D eigenvalue weighted by Gasteiger charge is -2.34. The molecule has 0 radical (unpaired) electrons. The molecule has 1 saturated carbocycles. The number of ether oxygens (including phenoxy) is 1. The van der Waals surface area contributed by atoms with Crippen LogP contribution in [0.15, 0.2) is 41.3 Å². The first kappa shape index (κ1) is 22.1. The van der Waals surface area contributed by atoms with Gasteiger partial charge in [0.25, 0.3) is 0 Å². The fraction of sp³-hybridized carbons (Fsp3) is 0.474. The van der Waals surface area contributed by atoms with E-state index in [-0.39, 0.29) is 11.7 Å². The molecule has 0 atom stereocenters. The molecular weight excluding hydrogens is 434 g/mol. The van der Waals surface area contributed by atoms with Crippen molar-refractivity contribution in [2.45, 2.75) is 45.4 Å². The summed E-state index contributed by atoms with van der Waals surface area (Å²) in [5, 5.41) is 7.88. The zero-order valence-electron chi connectivity index (χ0n) is 16.0. The van der Waals surface area contributed by atoms with Gasteiger partial charge in [-0.2, -0.15) is 0 Å². The normalized spacial score (nSPS) is 18.4. The number of carbonyl (C=O) groups excluding carboxylic acids is 1. The molecule has 9 heteroatoms. The molecule has 152 valence electrons. The van der Waals surface area contributed by atoms with Crippen LogP contribution in [0.3, 0.4) is 0 Å². The Morgan fingerprint density at radius 3 is 2.43 bits per heavy atom. The molecule has 6 nitrogen and oxygen atoms in total. The number of amides is 1. The SMILES string of the molecule is CC(C)(C)OC(=O)N(CC1CC(F)C1)c1ccc(Br)nn1.Fc1cccnc1. The van der Waals surface area contributed by atoms with E-state index in [0.29, 0.717) is 29.8 Å². The zero-order valence-corrected chi connectivity index (χ0v) is 17.6. The Morgan fingerprint density at radius 2 is 2.00 bits per heavy atom. The van der Waals surface area contributed by atoms with Gasteiger partial charge >= 0.3 is 6.09 Å². The van der Waals surface area contributed by atoms with Gasteiger partial charge in [-0.1, -0.05) is 0 Å². The highest BCUT2D eigenvalue weighted by Crippen LogP contribution is 2.32. The third-order valence-corrected chi connectivity index (χ3v) is 4.18. The summed E-state index contributed by atoms with van der Waals surface area (Å²) >= 11 is 3.21. The van der Waals surface area contributed by atoms with Crippen LogP contribution in [0, 0.1) is 11.7 Å². The number of hydrogen-bond acceptors (Lipinski definition) is 5. The lowest BCUT2D eigenvalue weighted by atomic mass is 9.83. The van der Waals surface area contributed by atoms with Crippen LogP contribution >= 0.6 is 15.9 Å². The minimum Gasteiger partial charge on any atom is -0.443 e. The fourth-order valence-corrected chi connectivity index (χ4v) is 2.65. The molecule has 2 heterocycles. The predicted octanol–water partition coefficient (Wildman–Crippen LogP) is 4.95. The molecule has 0 bridgehead atoms. The Labute approximate surface area is 171 Å². The van der Waals surface area contributed by atoms with Gasteiger partial charge in [-0.3, -0.25) is 9.88 Å². The Balaban J connectivity index is 0.000000336. The van der Waals surface area contributed by atoms with Crippen molar-refractivity contribution in [1.29, 1.82) is 0 Å². The van der Waals surface area contributed by atoms with Crippen molar-refractivity contribution < 1.29 is 18.3 Å². The summed E-state index contributed by atoms with van der Waals surface area (Å²) in [5.41, 5.74) is -0.597. The molecule has 0 aromatic carbocycles. The van der Waals surface area contributed by atoms with Crippen molar-refractivity contribution in [3.63, 3.8) is 0 Å². The molecule has 0 unspecified atom stereocenters. The van der Waals surface area contributed by atoms with Crippen LogP contribution in [0.4, 0.5) is 19.4 Å². The van der Waals surface area contributed by atoms with Gasteiger partial charge in [0.15, 0.2) is 5.82 Å². The molecule has 1 aliphatic carbocycles. The number of carbonyl (C=O) groups is 1. The van der Waals surface area contributed by atoms with Gasteiger partial charge in [-0.25, -0.2) is 13.6 Å². The summed E-state index contributed by atoms with van der Waals surface area (Å²) < 4.78 is 30.8. The van der Waals surface area contributed by atoms with E-state index in [9.17, 15) is 13.6 Å². The highest BCUT2D eigenvalue weighted by atomic mass is 79.9. The first-order chi connectivity index (χ1) is 13.1. The minimum atomic E-state index is -0.758. The highest BCUT2D eigenvalue weighted by Gasteiger charge is 2.34. The van der Waals surface area contributed by atoms with Crippen LogP contribution in [-0.2, 0) is 4.74 Å². The number of anilines is 1. The van der Waals surface area contributed by atoms with Gasteiger partial charge in [0.05, 0.1) is 6.20 Å². The Bertz CT molecular complexity index is 751. The van der Waals surface area contributed by atoms with E-state index in [0.717, 1.165) is 0 Å². The average Bonchev–Trinajstić information content (AvgIpc) is 2.58. The van der Waals surface area contributed by atoms with Crippen molar-refractivity contribution in [1.82, 2.24) is 15.2 Å². The standard InChI is InChI=1S/C14H19BrFN3O2.C5H4FN/c1-14(2,3)21-13(20)19(8-9-6-10(16)7-9)12-5-4-11(15)17-18-12;6-5-2-1-3-7-4-5/h4-5,9-10H,6-8H2,1-3H3;1-4H. The predicted molar refractivity (Wildman–Crippen MR) is 105 cm³/mol. The summed E-state index contributed by atoms with van der Waals surface area (Å²) in [4.78, 5) is 17.3. The van der Waals surface area contributed by atoms with Crippen LogP contribution in [0.25, 0.3) is 0 Å². The number of alkyl halides is 1. The topological polar surface area (TPSA) is 68.2 Å². The lowest BCUT2D eigenvalue weighted by molar-refractivity contribution is 0.0548. The maximum Gasteiger partial charge on any atom is 0.416 e. The first-order valence-electron chi connectivity index (χ1n) is 8.83. The second-order valence-electron chi connectivity index (χ2n) is 7.41. The van der Waals surface area contributed by atoms with Crippen LogP contribution in [0.5, 0.6) is 0 Å². The molecule has 1 amide bonds. The van der Waals surface area contributed by atoms with Crippen LogP contribution in [0.1, 0.15) is 33.6 Å². The number of halogens is 3. The number of hydrogen-bond donors (Lipinski definition) is 0. The Hall–Kier alpha value is -2.16. The monoisotopic (exact) mass is 456 g/mol. The Kier molecular flexibility index (Phi) is 7.79. The van der Waals surface area contributed by atoms with Gasteiger partial charge in [-0.05, 0) is 79.7 Å². The van der Waals surface area contributed by atoms with Gasteiger partial charge in [0.1, 0.15) is 22.2 Å². The van der Waals surface area contributed by atoms with E-state index in [1.807, 2.05) is 0 Å². The van der Waals surface area contributed by atoms with Crippen molar-refractivity contribution in [2.75, 3.05) is 11.4 Å². The largest absolute Gasteiger partial charge is 0.443 e. The zero-order chi connectivity index (χ0) is 20.7. The maximum atomic E-state index is 13.0. The number of nitrogens with zero attached hydrogens (tertiary/aromatic N) is 4. The quantitative estimate of drug-likeness (QED) is 0.653. The molecule has 2 aromatic rings. The highest BCUT2D eigenvalue weighted by molar-refractivity contribution is 9.10. The third kappa shape index (κ3) is 7.46. The second-order valence-corrected chi connectivity index (χ2v) is 8.22. The molecule has 28 heavy (non-hydrogen) atoms. The number of aromatic nitrogens is 3. The average molecular weight is 457 g/mol. The van der Waals surface area contributed by atoms with Gasteiger partial charge in [-0.15, -0.1) is 10.2 Å². The molecule has 0 saturated heterocycles. The molecule has 1 aliphatic rings. The molecule has 3 rings (SSSR count). The first-order valence-corrected chi connectivity index (χ1v) is 9.62. The van der Waals surface area contributed by atoms with E-state index < -0.39 is 17.9 Å². The van der Waals surface area contributed by atoms with Gasteiger partial charge in [0.2, 0.25) is 0 Å². The lowest BCUT2D eigenvalue weighted by Crippen LogP contribution is -2.43. The van der Waals surface area contributed by atoms with E-state index in [4.69, 9.17) is 4.74 Å². The molecule has 0 aliphatic heterocycles. The van der Waals surface area contributed by atoms with Crippen LogP contribution in [0.2, 0.25) is 0 Å². The molecule has 0 N–H and O–H groups in total. The van der Waals surface area contributed by atoms with E-state index in [1.54, 1.807) is 39.0 Å². The van der Waals surface area contributed by atoms with E-state index in [2.05, 4.69) is 31.1 Å². The van der Waals surface area contributed by atoms with Crippen molar-refractivity contribution in [3.8, 4) is 0 Å². The van der Waals surface area contributed by atoms with Crippen LogP contribution < -0.4 is 4.90 Å². The fourth-order valence-electron chi connectivity index (χ4n) is 2.44. The summed E-state index contributed by atoms with van der Waals surface area (Å²) in [6.45, 7) is 5.80.